The van der Waals surface area contributed by atoms with E-state index in [9.17, 15) is 19.1 Å². The van der Waals surface area contributed by atoms with E-state index in [1.54, 1.807) is 19.9 Å². The highest BCUT2D eigenvalue weighted by Crippen LogP contribution is 2.39. The SMILES string of the molecule is Cc1nc(C)c(C(=O)C2=C([O-])C(=O)N(CCC[NH+]3CCOCC3)C2c2cccc(F)c2)s1. The second kappa shape index (κ2) is 9.48. The van der Waals surface area contributed by atoms with Crippen LogP contribution in [0.5, 0.6) is 0 Å². The van der Waals surface area contributed by atoms with Crippen LogP contribution >= 0.6 is 11.3 Å². The molecule has 0 spiro atoms. The van der Waals surface area contributed by atoms with Gasteiger partial charge in [0, 0.05) is 18.5 Å². The number of morpholine rings is 1. The van der Waals surface area contributed by atoms with Crippen LogP contribution in [0.3, 0.4) is 0 Å². The second-order valence-electron chi connectivity index (χ2n) is 8.14. The van der Waals surface area contributed by atoms with Crippen LogP contribution in [-0.2, 0) is 9.53 Å². The van der Waals surface area contributed by atoms with E-state index in [1.165, 1.54) is 39.3 Å². The lowest BCUT2D eigenvalue weighted by atomic mass is 9.95. The molecule has 7 nitrogen and oxygen atoms in total. The number of carbonyl (C=O) groups is 2. The second-order valence-corrected chi connectivity index (χ2v) is 9.34. The monoisotopic (exact) mass is 459 g/mol. The normalized spacial score (nSPS) is 19.8. The predicted octanol–water partition coefficient (Wildman–Crippen LogP) is 0.585. The molecule has 0 aliphatic carbocycles. The van der Waals surface area contributed by atoms with Crippen molar-refractivity contribution in [1.82, 2.24) is 9.88 Å². The number of aromatic nitrogens is 1. The summed E-state index contributed by atoms with van der Waals surface area (Å²) in [5.41, 5.74) is 0.828. The molecule has 0 saturated carbocycles. The van der Waals surface area contributed by atoms with Gasteiger partial charge in [0.25, 0.3) is 0 Å². The number of nitrogens with zero attached hydrogens (tertiary/aromatic N) is 2. The Hall–Kier alpha value is -2.62. The number of thiazole rings is 1. The molecule has 1 aromatic heterocycles. The highest BCUT2D eigenvalue weighted by molar-refractivity contribution is 7.14. The maximum Gasteiger partial charge on any atom is 0.239 e. The highest BCUT2D eigenvalue weighted by atomic mass is 32.1. The van der Waals surface area contributed by atoms with Gasteiger partial charge in [-0.25, -0.2) is 9.37 Å². The van der Waals surface area contributed by atoms with Gasteiger partial charge in [-0.1, -0.05) is 12.1 Å². The quantitative estimate of drug-likeness (QED) is 0.613. The van der Waals surface area contributed by atoms with Crippen LogP contribution in [0, 0.1) is 19.7 Å². The van der Waals surface area contributed by atoms with Gasteiger partial charge < -0.3 is 19.6 Å². The zero-order valence-electron chi connectivity index (χ0n) is 18.2. The topological polar surface area (TPSA) is 87.0 Å². The van der Waals surface area contributed by atoms with Gasteiger partial charge in [-0.05, 0) is 37.3 Å². The number of hydrogen-bond acceptors (Lipinski definition) is 6. The van der Waals surface area contributed by atoms with Gasteiger partial charge in [-0.3, -0.25) is 9.59 Å². The number of ether oxygens (including phenoxy) is 1. The Bertz CT molecular complexity index is 1060. The third-order valence-electron chi connectivity index (χ3n) is 5.93. The van der Waals surface area contributed by atoms with E-state index in [1.807, 2.05) is 0 Å². The van der Waals surface area contributed by atoms with Crippen LogP contribution in [0.1, 0.15) is 38.4 Å². The number of carbonyl (C=O) groups excluding carboxylic acids is 2. The molecule has 2 aliphatic rings. The molecule has 1 unspecified atom stereocenters. The molecule has 1 amide bonds. The molecule has 0 radical (unpaired) electrons. The van der Waals surface area contributed by atoms with Crippen molar-refractivity contribution in [3.8, 4) is 0 Å². The zero-order chi connectivity index (χ0) is 22.8. The molecule has 3 heterocycles. The summed E-state index contributed by atoms with van der Waals surface area (Å²) in [6.07, 6.45) is 0.667. The number of amides is 1. The molecule has 4 rings (SSSR count). The van der Waals surface area contributed by atoms with Crippen molar-refractivity contribution in [2.75, 3.05) is 39.4 Å². The smallest absolute Gasteiger partial charge is 0.239 e. The van der Waals surface area contributed by atoms with Gasteiger partial charge in [-0.15, -0.1) is 11.3 Å². The van der Waals surface area contributed by atoms with Crippen LogP contribution in [-0.4, -0.2) is 61.0 Å². The summed E-state index contributed by atoms with van der Waals surface area (Å²) in [6, 6.07) is 4.86. The van der Waals surface area contributed by atoms with E-state index in [2.05, 4.69) is 4.98 Å². The number of halogens is 1. The van der Waals surface area contributed by atoms with E-state index in [-0.39, 0.29) is 5.57 Å². The maximum atomic E-state index is 14.0. The van der Waals surface area contributed by atoms with E-state index < -0.39 is 29.3 Å². The Morgan fingerprint density at radius 2 is 2.09 bits per heavy atom. The number of hydrogen-bond donors (Lipinski definition) is 1. The lowest BCUT2D eigenvalue weighted by molar-refractivity contribution is -0.908. The summed E-state index contributed by atoms with van der Waals surface area (Å²) >= 11 is 1.20. The molecule has 170 valence electrons. The van der Waals surface area contributed by atoms with Crippen molar-refractivity contribution in [2.24, 2.45) is 0 Å². The molecule has 0 bridgehead atoms. The van der Waals surface area contributed by atoms with Gasteiger partial charge in [0.2, 0.25) is 11.7 Å². The van der Waals surface area contributed by atoms with Crippen LogP contribution in [0.4, 0.5) is 4.39 Å². The van der Waals surface area contributed by atoms with E-state index in [0.29, 0.717) is 47.3 Å². The van der Waals surface area contributed by atoms with Crippen molar-refractivity contribution in [1.29, 1.82) is 0 Å². The minimum absolute atomic E-state index is 0.119. The maximum absolute atomic E-state index is 14.0. The Balaban J connectivity index is 1.64. The van der Waals surface area contributed by atoms with Gasteiger partial charge in [0.1, 0.15) is 18.9 Å². The molecule has 2 aliphatic heterocycles. The van der Waals surface area contributed by atoms with E-state index in [0.717, 1.165) is 19.6 Å². The summed E-state index contributed by atoms with van der Waals surface area (Å²) < 4.78 is 19.4. The number of rotatable bonds is 7. The average Bonchev–Trinajstić information content (AvgIpc) is 3.24. The number of aryl methyl sites for hydroxylation is 2. The summed E-state index contributed by atoms with van der Waals surface area (Å²) in [5.74, 6) is -2.50. The van der Waals surface area contributed by atoms with Crippen LogP contribution in [0.25, 0.3) is 0 Å². The molecular weight excluding hydrogens is 433 g/mol. The number of Topliss-reactive ketones (excluding diaryl/α,β-unsaturated/α-hetero) is 1. The van der Waals surface area contributed by atoms with Crippen molar-refractivity contribution in [3.63, 3.8) is 0 Å². The standard InChI is InChI=1S/C23H26FN3O4S/c1-14-22(32-15(2)25-14)20(28)18-19(16-5-3-6-17(24)13-16)27(23(30)21(18)29)8-4-7-26-9-11-31-12-10-26/h3,5-6,13,19,29H,4,7-12H2,1-2H3. The third-order valence-corrected chi connectivity index (χ3v) is 7.00. The molecule has 32 heavy (non-hydrogen) atoms. The first-order chi connectivity index (χ1) is 15.4. The minimum Gasteiger partial charge on any atom is -0.868 e. The number of ketones is 1. The summed E-state index contributed by atoms with van der Waals surface area (Å²) in [4.78, 5) is 33.8. The Kier molecular flexibility index (Phi) is 6.68. The average molecular weight is 460 g/mol. The largest absolute Gasteiger partial charge is 0.868 e. The minimum atomic E-state index is -0.903. The summed E-state index contributed by atoms with van der Waals surface area (Å²) in [7, 11) is 0. The summed E-state index contributed by atoms with van der Waals surface area (Å²) in [5, 5.41) is 13.7. The lowest BCUT2D eigenvalue weighted by Gasteiger charge is -2.29. The van der Waals surface area contributed by atoms with Gasteiger partial charge >= 0.3 is 0 Å². The third kappa shape index (κ3) is 4.46. The molecule has 1 fully saturated rings. The molecule has 9 heteroatoms. The van der Waals surface area contributed by atoms with Crippen LogP contribution in [0.15, 0.2) is 35.6 Å². The van der Waals surface area contributed by atoms with Gasteiger partial charge in [-0.2, -0.15) is 0 Å². The fraction of sp³-hybridized carbons (Fsp3) is 0.435. The first-order valence-electron chi connectivity index (χ1n) is 10.7. The summed E-state index contributed by atoms with van der Waals surface area (Å²) in [6.45, 7) is 7.86. The number of nitrogens with one attached hydrogen (secondary N) is 1. The molecule has 1 saturated heterocycles. The lowest BCUT2D eigenvalue weighted by Crippen LogP contribution is -3.14. The van der Waals surface area contributed by atoms with Crippen molar-refractivity contribution in [3.05, 3.63) is 62.6 Å². The first kappa shape index (κ1) is 22.6. The fourth-order valence-corrected chi connectivity index (χ4v) is 5.27. The molecule has 1 aromatic carbocycles. The molecule has 2 aromatic rings. The van der Waals surface area contributed by atoms with Crippen molar-refractivity contribution >= 4 is 23.0 Å². The van der Waals surface area contributed by atoms with Crippen LogP contribution < -0.4 is 10.0 Å². The van der Waals surface area contributed by atoms with E-state index >= 15 is 0 Å². The van der Waals surface area contributed by atoms with E-state index in [4.69, 9.17) is 4.74 Å². The predicted molar refractivity (Wildman–Crippen MR) is 115 cm³/mol. The fourth-order valence-electron chi connectivity index (χ4n) is 4.40. The Morgan fingerprint density at radius 1 is 1.34 bits per heavy atom. The van der Waals surface area contributed by atoms with Gasteiger partial charge in [0.05, 0.1) is 41.4 Å². The number of benzene rings is 1. The Morgan fingerprint density at radius 3 is 2.75 bits per heavy atom. The first-order valence-corrected chi connectivity index (χ1v) is 11.6. The van der Waals surface area contributed by atoms with Gasteiger partial charge in [0.15, 0.2) is 0 Å². The molecular formula is C23H26FN3O4S. The number of quaternary nitrogens is 1. The highest BCUT2D eigenvalue weighted by Gasteiger charge is 2.40. The molecule has 1 N–H and O–H groups in total. The zero-order valence-corrected chi connectivity index (χ0v) is 19.0. The van der Waals surface area contributed by atoms with Crippen molar-refractivity contribution in [2.45, 2.75) is 26.3 Å². The molecule has 1 atom stereocenters. The Labute approximate surface area is 190 Å². The van der Waals surface area contributed by atoms with Crippen molar-refractivity contribution < 1.29 is 28.7 Å². The van der Waals surface area contributed by atoms with Crippen LogP contribution in [0.2, 0.25) is 0 Å².